The van der Waals surface area contributed by atoms with E-state index in [2.05, 4.69) is 11.3 Å². The number of nitrogens with zero attached hydrogens (tertiary/aromatic N) is 1. The summed E-state index contributed by atoms with van der Waals surface area (Å²) in [6, 6.07) is 6.24. The smallest absolute Gasteiger partial charge is 0.292 e. The van der Waals surface area contributed by atoms with E-state index in [9.17, 15) is 0 Å². The summed E-state index contributed by atoms with van der Waals surface area (Å²) < 4.78 is 4.50. The van der Waals surface area contributed by atoms with Gasteiger partial charge in [-0.1, -0.05) is 6.58 Å². The Balaban J connectivity index is 2.84. The lowest BCUT2D eigenvalue weighted by molar-refractivity contribution is 0.463. The quantitative estimate of drug-likeness (QED) is 0.532. The van der Waals surface area contributed by atoms with E-state index in [1.807, 2.05) is 0 Å². The summed E-state index contributed by atoms with van der Waals surface area (Å²) in [6.45, 7) is 3.52. The SMILES string of the molecule is C=C(OC#N)c1ccc(O)cc1. The van der Waals surface area contributed by atoms with Crippen LogP contribution < -0.4 is 0 Å². The summed E-state index contributed by atoms with van der Waals surface area (Å²) in [5.74, 6) is 0.445. The molecule has 1 N–H and O–H groups in total. The molecule has 0 fully saturated rings. The van der Waals surface area contributed by atoms with Crippen molar-refractivity contribution >= 4 is 5.76 Å². The van der Waals surface area contributed by atoms with Gasteiger partial charge in [-0.05, 0) is 24.3 Å². The minimum Gasteiger partial charge on any atom is -0.508 e. The number of rotatable bonds is 2. The van der Waals surface area contributed by atoms with Crippen molar-refractivity contribution in [3.8, 4) is 12.0 Å². The van der Waals surface area contributed by atoms with Crippen LogP contribution in [0.15, 0.2) is 30.8 Å². The molecule has 0 spiro atoms. The van der Waals surface area contributed by atoms with Crippen molar-refractivity contribution < 1.29 is 9.84 Å². The largest absolute Gasteiger partial charge is 0.508 e. The number of ether oxygens (including phenoxy) is 1. The minimum absolute atomic E-state index is 0.170. The van der Waals surface area contributed by atoms with Crippen LogP contribution in [0, 0.1) is 11.5 Å². The zero-order valence-corrected chi connectivity index (χ0v) is 6.32. The van der Waals surface area contributed by atoms with Crippen LogP contribution in [0.1, 0.15) is 5.56 Å². The Morgan fingerprint density at radius 1 is 1.42 bits per heavy atom. The van der Waals surface area contributed by atoms with Gasteiger partial charge in [0.2, 0.25) is 0 Å². The molecule has 0 saturated heterocycles. The highest BCUT2D eigenvalue weighted by Gasteiger charge is 1.98. The summed E-state index contributed by atoms with van der Waals surface area (Å²) >= 11 is 0. The summed E-state index contributed by atoms with van der Waals surface area (Å²) in [6.07, 6.45) is 1.52. The first kappa shape index (κ1) is 8.15. The molecule has 0 aliphatic carbocycles. The van der Waals surface area contributed by atoms with Gasteiger partial charge in [-0.2, -0.15) is 0 Å². The van der Waals surface area contributed by atoms with Crippen LogP contribution in [0.4, 0.5) is 0 Å². The zero-order chi connectivity index (χ0) is 8.97. The molecule has 1 rings (SSSR count). The molecule has 0 aromatic heterocycles. The molecule has 0 bridgehead atoms. The molecule has 0 unspecified atom stereocenters. The summed E-state index contributed by atoms with van der Waals surface area (Å²) in [5.41, 5.74) is 0.675. The second-order valence-corrected chi connectivity index (χ2v) is 2.16. The van der Waals surface area contributed by atoms with Gasteiger partial charge >= 0.3 is 0 Å². The Kier molecular flexibility index (Phi) is 2.34. The van der Waals surface area contributed by atoms with Crippen molar-refractivity contribution in [1.29, 1.82) is 5.26 Å². The first-order valence-electron chi connectivity index (χ1n) is 3.28. The molecule has 3 heteroatoms. The van der Waals surface area contributed by atoms with Crippen molar-refractivity contribution in [2.75, 3.05) is 0 Å². The molecule has 0 heterocycles. The van der Waals surface area contributed by atoms with E-state index >= 15 is 0 Å². The molecule has 0 amide bonds. The normalized spacial score (nSPS) is 8.58. The molecule has 60 valence electrons. The third kappa shape index (κ3) is 1.77. The first-order valence-corrected chi connectivity index (χ1v) is 3.28. The van der Waals surface area contributed by atoms with E-state index in [0.717, 1.165) is 0 Å². The maximum Gasteiger partial charge on any atom is 0.292 e. The monoisotopic (exact) mass is 161 g/mol. The van der Waals surface area contributed by atoms with E-state index < -0.39 is 0 Å². The fraction of sp³-hybridized carbons (Fsp3) is 0. The second-order valence-electron chi connectivity index (χ2n) is 2.16. The van der Waals surface area contributed by atoms with Crippen LogP contribution in [-0.2, 0) is 4.74 Å². The van der Waals surface area contributed by atoms with Gasteiger partial charge in [-0.25, -0.2) is 0 Å². The Hall–Kier alpha value is -1.95. The predicted molar refractivity (Wildman–Crippen MR) is 43.8 cm³/mol. The number of benzene rings is 1. The molecule has 1 aromatic carbocycles. The number of aromatic hydroxyl groups is 1. The van der Waals surface area contributed by atoms with Gasteiger partial charge in [0.25, 0.3) is 6.26 Å². The molecule has 0 aliphatic heterocycles. The molecule has 1 aromatic rings. The highest BCUT2D eigenvalue weighted by atomic mass is 16.5. The molecule has 0 atom stereocenters. The van der Waals surface area contributed by atoms with Gasteiger partial charge < -0.3 is 9.84 Å². The lowest BCUT2D eigenvalue weighted by Crippen LogP contribution is -1.83. The first-order chi connectivity index (χ1) is 5.74. The maximum atomic E-state index is 8.93. The molecule has 12 heavy (non-hydrogen) atoms. The molecular weight excluding hydrogens is 154 g/mol. The van der Waals surface area contributed by atoms with E-state index in [0.29, 0.717) is 5.56 Å². The number of hydrogen-bond acceptors (Lipinski definition) is 3. The van der Waals surface area contributed by atoms with Gasteiger partial charge in [-0.15, -0.1) is 5.26 Å². The van der Waals surface area contributed by atoms with Crippen molar-refractivity contribution in [3.63, 3.8) is 0 Å². The summed E-state index contributed by atoms with van der Waals surface area (Å²) in [5, 5.41) is 17.1. The molecular formula is C9H7NO2. The summed E-state index contributed by atoms with van der Waals surface area (Å²) in [7, 11) is 0. The Bertz CT molecular complexity index is 321. The summed E-state index contributed by atoms with van der Waals surface area (Å²) in [4.78, 5) is 0. The van der Waals surface area contributed by atoms with Gasteiger partial charge in [0.05, 0.1) is 0 Å². The number of phenolic OH excluding ortho intramolecular Hbond substituents is 1. The highest BCUT2D eigenvalue weighted by molar-refractivity contribution is 5.58. The van der Waals surface area contributed by atoms with Gasteiger partial charge in [0, 0.05) is 5.56 Å². The standard InChI is InChI=1S/C9H7NO2/c1-7(12-6-10)8-2-4-9(11)5-3-8/h2-5,11H,1H2. The van der Waals surface area contributed by atoms with Crippen molar-refractivity contribution in [2.45, 2.75) is 0 Å². The lowest BCUT2D eigenvalue weighted by atomic mass is 10.2. The Morgan fingerprint density at radius 3 is 2.50 bits per heavy atom. The Morgan fingerprint density at radius 2 is 2.00 bits per heavy atom. The fourth-order valence-corrected chi connectivity index (χ4v) is 0.761. The van der Waals surface area contributed by atoms with Gasteiger partial charge in [0.1, 0.15) is 11.5 Å². The average molecular weight is 161 g/mol. The van der Waals surface area contributed by atoms with E-state index in [1.54, 1.807) is 12.1 Å². The van der Waals surface area contributed by atoms with Gasteiger partial charge in [-0.3, -0.25) is 0 Å². The van der Waals surface area contributed by atoms with Crippen molar-refractivity contribution in [1.82, 2.24) is 0 Å². The fourth-order valence-electron chi connectivity index (χ4n) is 0.761. The van der Waals surface area contributed by atoms with E-state index in [4.69, 9.17) is 10.4 Å². The molecule has 0 radical (unpaired) electrons. The van der Waals surface area contributed by atoms with E-state index in [-0.39, 0.29) is 11.5 Å². The van der Waals surface area contributed by atoms with Crippen LogP contribution in [0.25, 0.3) is 5.76 Å². The average Bonchev–Trinajstić information content (AvgIpc) is 2.06. The van der Waals surface area contributed by atoms with Crippen LogP contribution in [0.3, 0.4) is 0 Å². The topological polar surface area (TPSA) is 53.2 Å². The third-order valence-electron chi connectivity index (χ3n) is 1.36. The minimum atomic E-state index is 0.170. The zero-order valence-electron chi connectivity index (χ0n) is 6.32. The predicted octanol–water partition coefficient (Wildman–Crippen LogP) is 1.86. The van der Waals surface area contributed by atoms with E-state index in [1.165, 1.54) is 18.4 Å². The number of hydrogen-bond donors (Lipinski definition) is 1. The number of nitriles is 1. The highest BCUT2D eigenvalue weighted by Crippen LogP contribution is 2.16. The van der Waals surface area contributed by atoms with Crippen molar-refractivity contribution in [2.24, 2.45) is 0 Å². The third-order valence-corrected chi connectivity index (χ3v) is 1.36. The maximum absolute atomic E-state index is 8.93. The molecule has 0 saturated carbocycles. The number of phenols is 1. The van der Waals surface area contributed by atoms with Crippen LogP contribution in [0.2, 0.25) is 0 Å². The van der Waals surface area contributed by atoms with Crippen LogP contribution in [-0.4, -0.2) is 5.11 Å². The molecule has 3 nitrogen and oxygen atoms in total. The van der Waals surface area contributed by atoms with Crippen molar-refractivity contribution in [3.05, 3.63) is 36.4 Å². The molecule has 0 aliphatic rings. The van der Waals surface area contributed by atoms with Crippen LogP contribution >= 0.6 is 0 Å². The second kappa shape index (κ2) is 3.44. The lowest BCUT2D eigenvalue weighted by Gasteiger charge is -2.00. The van der Waals surface area contributed by atoms with Gasteiger partial charge in [0.15, 0.2) is 0 Å². The van der Waals surface area contributed by atoms with Crippen LogP contribution in [0.5, 0.6) is 5.75 Å². The Labute approximate surface area is 70.1 Å².